The van der Waals surface area contributed by atoms with Crippen molar-refractivity contribution in [1.82, 2.24) is 19.9 Å². The summed E-state index contributed by atoms with van der Waals surface area (Å²) in [6.45, 7) is 2.27. The number of aromatic amines is 2. The van der Waals surface area contributed by atoms with E-state index in [1.54, 1.807) is 0 Å². The lowest BCUT2D eigenvalue weighted by Crippen LogP contribution is -2.15. The number of aryl methyl sites for hydroxylation is 2. The maximum Gasteiger partial charge on any atom is 0.337 e. The standard InChI is InChI=1S/C20H25N3O4.C18H21N3O4/c1-20(10-11-20)9-5-6-13-12-15(24)26-18-16(13)17(25)21-19(22-18)27-23-14-7-3-2-4-8-14;22-14-10-12(9-8-11-6-7-11)15-16(23)19-18(20-17(15)24-14)25-21-13-4-2-1-3-5-13/h12H,2-11H2,1H3,(H,21,22,25);10-11H,1-9H2,(H,19,20,23). The van der Waals surface area contributed by atoms with E-state index in [1.165, 1.54) is 50.7 Å². The van der Waals surface area contributed by atoms with Gasteiger partial charge in [-0.2, -0.15) is 9.97 Å². The minimum atomic E-state index is -0.502. The van der Waals surface area contributed by atoms with E-state index in [4.69, 9.17) is 18.5 Å². The fourth-order valence-electron chi connectivity index (χ4n) is 6.99. The van der Waals surface area contributed by atoms with Crippen molar-refractivity contribution in [3.63, 3.8) is 0 Å². The van der Waals surface area contributed by atoms with Crippen LogP contribution in [0.4, 0.5) is 0 Å². The minimum absolute atomic E-state index is 0.0118. The maximum atomic E-state index is 12.6. The van der Waals surface area contributed by atoms with Crippen molar-refractivity contribution in [3.8, 4) is 12.0 Å². The Kier molecular flexibility index (Phi) is 10.8. The Morgan fingerprint density at radius 3 is 1.67 bits per heavy atom. The Hall–Kier alpha value is -4.88. The zero-order valence-corrected chi connectivity index (χ0v) is 29.7. The Labute approximate surface area is 299 Å². The molecule has 0 unspecified atom stereocenters. The van der Waals surface area contributed by atoms with E-state index in [0.717, 1.165) is 82.1 Å². The van der Waals surface area contributed by atoms with Crippen LogP contribution in [0.3, 0.4) is 0 Å². The highest BCUT2D eigenvalue weighted by atomic mass is 16.6. The summed E-state index contributed by atoms with van der Waals surface area (Å²) >= 11 is 0. The van der Waals surface area contributed by atoms with Crippen LogP contribution in [0.2, 0.25) is 0 Å². The van der Waals surface area contributed by atoms with E-state index in [1.807, 2.05) is 0 Å². The number of hydrogen-bond donors (Lipinski definition) is 2. The van der Waals surface area contributed by atoms with Gasteiger partial charge in [-0.1, -0.05) is 42.9 Å². The first-order valence-electron chi connectivity index (χ1n) is 18.8. The van der Waals surface area contributed by atoms with Gasteiger partial charge in [-0.05, 0) is 119 Å². The summed E-state index contributed by atoms with van der Waals surface area (Å²) in [5, 5.41) is 8.83. The van der Waals surface area contributed by atoms with Crippen molar-refractivity contribution in [1.29, 1.82) is 0 Å². The van der Waals surface area contributed by atoms with Crippen LogP contribution in [0.15, 0.2) is 50.5 Å². The normalized spacial score (nSPS) is 18.1. The number of fused-ring (bicyclic) bond motifs is 2. The molecular formula is C38H46N6O8. The minimum Gasteiger partial charge on any atom is -0.403 e. The van der Waals surface area contributed by atoms with Gasteiger partial charge in [0.05, 0.1) is 11.4 Å². The molecule has 4 aliphatic rings. The first kappa shape index (κ1) is 35.5. The average Bonchev–Trinajstić information content (AvgIpc) is 4.08. The van der Waals surface area contributed by atoms with Gasteiger partial charge in [0, 0.05) is 12.1 Å². The number of hydrogen-bond acceptors (Lipinski definition) is 12. The van der Waals surface area contributed by atoms with Crippen molar-refractivity contribution in [2.45, 2.75) is 129 Å². The largest absolute Gasteiger partial charge is 0.403 e. The highest BCUT2D eigenvalue weighted by molar-refractivity contribution is 5.85. The molecule has 4 heterocycles. The molecule has 0 bridgehead atoms. The van der Waals surface area contributed by atoms with Crippen LogP contribution in [0, 0.1) is 11.3 Å². The molecule has 4 aromatic rings. The predicted molar refractivity (Wildman–Crippen MR) is 195 cm³/mol. The third kappa shape index (κ3) is 9.31. The van der Waals surface area contributed by atoms with Crippen LogP contribution in [0.5, 0.6) is 12.0 Å². The molecular weight excluding hydrogens is 668 g/mol. The third-order valence-electron chi connectivity index (χ3n) is 10.6. The first-order valence-corrected chi connectivity index (χ1v) is 18.8. The van der Waals surface area contributed by atoms with E-state index in [2.05, 4.69) is 37.2 Å². The number of oxime groups is 2. The van der Waals surface area contributed by atoms with Gasteiger partial charge >= 0.3 is 23.3 Å². The monoisotopic (exact) mass is 714 g/mol. The number of aromatic nitrogens is 4. The van der Waals surface area contributed by atoms with Gasteiger partial charge in [-0.15, -0.1) is 0 Å². The van der Waals surface area contributed by atoms with Gasteiger partial charge in [0.15, 0.2) is 0 Å². The molecule has 14 heteroatoms. The van der Waals surface area contributed by atoms with Gasteiger partial charge in [0.25, 0.3) is 11.1 Å². The smallest absolute Gasteiger partial charge is 0.337 e. The Bertz CT molecular complexity index is 2210. The molecule has 0 aliphatic heterocycles. The van der Waals surface area contributed by atoms with Gasteiger partial charge < -0.3 is 18.5 Å². The van der Waals surface area contributed by atoms with E-state index in [-0.39, 0.29) is 34.6 Å². The highest BCUT2D eigenvalue weighted by Gasteiger charge is 2.36. The summed E-state index contributed by atoms with van der Waals surface area (Å²) in [6, 6.07) is 2.70. The molecule has 4 aliphatic carbocycles. The number of nitrogens with zero attached hydrogens (tertiary/aromatic N) is 4. The molecule has 8 rings (SSSR count). The molecule has 4 aromatic heterocycles. The van der Waals surface area contributed by atoms with Crippen molar-refractivity contribution >= 4 is 33.6 Å². The summed E-state index contributed by atoms with van der Waals surface area (Å²) in [6.07, 6.45) is 19.7. The lowest BCUT2D eigenvalue weighted by atomic mass is 9.98. The van der Waals surface area contributed by atoms with Gasteiger partial charge in [-0.25, -0.2) is 9.59 Å². The fourth-order valence-corrected chi connectivity index (χ4v) is 6.99. The van der Waals surface area contributed by atoms with Crippen molar-refractivity contribution in [3.05, 3.63) is 64.8 Å². The van der Waals surface area contributed by atoms with Crippen LogP contribution >= 0.6 is 0 Å². The molecule has 2 N–H and O–H groups in total. The third-order valence-corrected chi connectivity index (χ3v) is 10.6. The molecule has 0 saturated heterocycles. The zero-order valence-electron chi connectivity index (χ0n) is 29.7. The fraction of sp³-hybridized carbons (Fsp3) is 0.579. The summed E-state index contributed by atoms with van der Waals surface area (Å²) in [5.41, 5.74) is 2.05. The molecule has 0 spiro atoms. The zero-order chi connectivity index (χ0) is 36.1. The summed E-state index contributed by atoms with van der Waals surface area (Å²) in [7, 11) is 0. The molecule has 52 heavy (non-hydrogen) atoms. The van der Waals surface area contributed by atoms with Crippen molar-refractivity contribution in [2.75, 3.05) is 0 Å². The Morgan fingerprint density at radius 1 is 0.731 bits per heavy atom. The quantitative estimate of drug-likeness (QED) is 0.159. The molecule has 4 fully saturated rings. The molecule has 4 saturated carbocycles. The van der Waals surface area contributed by atoms with Gasteiger partial charge in [0.1, 0.15) is 10.8 Å². The van der Waals surface area contributed by atoms with Crippen LogP contribution in [0.25, 0.3) is 22.2 Å². The molecule has 0 aromatic carbocycles. The van der Waals surface area contributed by atoms with Crippen LogP contribution in [-0.2, 0) is 12.8 Å². The topological polar surface area (TPSA) is 195 Å². The van der Waals surface area contributed by atoms with Gasteiger partial charge in [0.2, 0.25) is 11.4 Å². The summed E-state index contributed by atoms with van der Waals surface area (Å²) in [4.78, 5) is 72.8. The van der Waals surface area contributed by atoms with E-state index in [0.29, 0.717) is 46.1 Å². The SMILES string of the molecule is CC1(CCCc2cc(=O)oc3nc(ON=C4CCCCC4)[nH]c(=O)c23)CC1.O=c1cc(CCC2CC2)c2c(=O)[nH]c(ON=C3CCCCC3)nc2o1. The van der Waals surface area contributed by atoms with E-state index in [9.17, 15) is 19.2 Å². The summed E-state index contributed by atoms with van der Waals surface area (Å²) < 4.78 is 10.3. The number of H-pyrrole nitrogens is 2. The lowest BCUT2D eigenvalue weighted by molar-refractivity contribution is 0.307. The second kappa shape index (κ2) is 15.8. The molecule has 14 nitrogen and oxygen atoms in total. The lowest BCUT2D eigenvalue weighted by Gasteiger charge is -2.11. The maximum absolute atomic E-state index is 12.6. The first-order chi connectivity index (χ1) is 25.2. The second-order valence-corrected chi connectivity index (χ2v) is 15.0. The van der Waals surface area contributed by atoms with Crippen LogP contribution < -0.4 is 32.0 Å². The van der Waals surface area contributed by atoms with Crippen molar-refractivity contribution < 1.29 is 18.5 Å². The van der Waals surface area contributed by atoms with Gasteiger partial charge in [-0.3, -0.25) is 19.6 Å². The number of rotatable bonds is 11. The average molecular weight is 715 g/mol. The highest BCUT2D eigenvalue weighted by Crippen LogP contribution is 2.49. The molecule has 0 amide bonds. The Balaban J connectivity index is 0.000000162. The second-order valence-electron chi connectivity index (χ2n) is 15.0. The van der Waals surface area contributed by atoms with E-state index >= 15 is 0 Å². The molecule has 0 radical (unpaired) electrons. The number of nitrogens with one attached hydrogen (secondary N) is 2. The van der Waals surface area contributed by atoms with Crippen molar-refractivity contribution in [2.24, 2.45) is 21.6 Å². The predicted octanol–water partition coefficient (Wildman–Crippen LogP) is 6.62. The summed E-state index contributed by atoms with van der Waals surface area (Å²) in [5.74, 6) is 0.711. The van der Waals surface area contributed by atoms with E-state index < -0.39 is 11.3 Å². The Morgan fingerprint density at radius 2 is 1.21 bits per heavy atom. The van der Waals surface area contributed by atoms with Crippen LogP contribution in [-0.4, -0.2) is 31.4 Å². The van der Waals surface area contributed by atoms with Crippen LogP contribution in [0.1, 0.15) is 127 Å². The molecule has 0 atom stereocenters. The molecule has 276 valence electrons.